The van der Waals surface area contributed by atoms with E-state index in [1.54, 1.807) is 13.3 Å². The van der Waals surface area contributed by atoms with Crippen molar-refractivity contribution in [1.82, 2.24) is 0 Å². The molecule has 4 atom stereocenters. The van der Waals surface area contributed by atoms with Crippen molar-refractivity contribution in [3.05, 3.63) is 0 Å². The van der Waals surface area contributed by atoms with E-state index in [2.05, 4.69) is 4.99 Å². The van der Waals surface area contributed by atoms with Gasteiger partial charge in [-0.1, -0.05) is 0 Å². The average molecular weight is 517 g/mol. The maximum atomic E-state index is 9.04. The Bertz CT molecular complexity index is 807. The van der Waals surface area contributed by atoms with Crippen molar-refractivity contribution in [3.8, 4) is 30.3 Å². The first kappa shape index (κ1) is 33.9. The van der Waals surface area contributed by atoms with Crippen LogP contribution in [0.2, 0.25) is 0 Å². The Hall–Kier alpha value is -3.12. The molecule has 0 aromatic rings. The second-order valence-corrected chi connectivity index (χ2v) is 7.41. The average Bonchev–Trinajstić information content (AvgIpc) is 2.90. The Morgan fingerprint density at radius 1 is 0.568 bits per heavy atom. The van der Waals surface area contributed by atoms with Gasteiger partial charge in [0.15, 0.2) is 0 Å². The summed E-state index contributed by atoms with van der Waals surface area (Å²) in [6, 6.07) is 10.1. The lowest BCUT2D eigenvalue weighted by Crippen LogP contribution is -2.52. The summed E-state index contributed by atoms with van der Waals surface area (Å²) in [7, 11) is 1.67. The van der Waals surface area contributed by atoms with Crippen molar-refractivity contribution in [2.24, 2.45) is 4.99 Å². The normalized spacial score (nSPS) is 13.9. The molecule has 0 saturated carbocycles. The molecular weight excluding hydrogens is 480 g/mol. The fourth-order valence-electron chi connectivity index (χ4n) is 3.08. The van der Waals surface area contributed by atoms with Crippen molar-refractivity contribution in [2.45, 2.75) is 62.9 Å². The van der Waals surface area contributed by atoms with Crippen LogP contribution in [-0.2, 0) is 28.4 Å². The summed E-state index contributed by atoms with van der Waals surface area (Å²) < 4.78 is 35.4. The van der Waals surface area contributed by atoms with Gasteiger partial charge in [-0.25, -0.2) is 0 Å². The number of aliphatic imine (C=N–C) groups is 1. The molecule has 0 aliphatic heterocycles. The monoisotopic (exact) mass is 516 g/mol. The highest BCUT2D eigenvalue weighted by atomic mass is 16.6. The second-order valence-electron chi connectivity index (χ2n) is 7.41. The summed E-state index contributed by atoms with van der Waals surface area (Å²) in [5.74, 6) is 0. The maximum absolute atomic E-state index is 9.04. The fraction of sp³-hybridized carbons (Fsp3) is 0.760. The van der Waals surface area contributed by atoms with Crippen molar-refractivity contribution in [1.29, 1.82) is 26.3 Å². The first-order valence-electron chi connectivity index (χ1n) is 12.1. The summed E-state index contributed by atoms with van der Waals surface area (Å²) in [5.41, 5.74) is 0. The van der Waals surface area contributed by atoms with Gasteiger partial charge >= 0.3 is 0 Å². The molecule has 0 saturated heterocycles. The standard InChI is InChI=1S/C25H36N6O6/c1-31-13-7-15-33-21-23(35-17-4-10-28)25(37-19-6-12-30)24(36-18-5-11-29)22(34-16-3-9-27)20-32-14-2-8-26/h13,22-25H,2-7,14-21H2,1H3/t22-,23+,24+,25+/m0/s1. The molecule has 0 N–H and O–H groups in total. The predicted octanol–water partition coefficient (Wildman–Crippen LogP) is 2.22. The molecule has 12 heteroatoms. The van der Waals surface area contributed by atoms with Crippen LogP contribution >= 0.6 is 0 Å². The minimum absolute atomic E-state index is 0.0289. The molecule has 0 spiro atoms. The summed E-state index contributed by atoms with van der Waals surface area (Å²) in [6.07, 6.45) is -0.125. The number of hydrogen-bond acceptors (Lipinski definition) is 12. The minimum atomic E-state index is -0.833. The van der Waals surface area contributed by atoms with E-state index in [1.165, 1.54) is 0 Å². The van der Waals surface area contributed by atoms with E-state index < -0.39 is 24.4 Å². The number of nitriles is 5. The minimum Gasteiger partial charge on any atom is -0.378 e. The van der Waals surface area contributed by atoms with Gasteiger partial charge in [0, 0.05) is 19.7 Å². The topological polar surface area (TPSA) is 187 Å². The highest BCUT2D eigenvalue weighted by Gasteiger charge is 2.38. The van der Waals surface area contributed by atoms with Crippen LogP contribution in [0.1, 0.15) is 38.5 Å². The van der Waals surface area contributed by atoms with Crippen LogP contribution < -0.4 is 0 Å². The zero-order valence-corrected chi connectivity index (χ0v) is 21.4. The van der Waals surface area contributed by atoms with E-state index >= 15 is 0 Å². The van der Waals surface area contributed by atoms with E-state index in [0.717, 1.165) is 0 Å². The summed E-state index contributed by atoms with van der Waals surface area (Å²) >= 11 is 0. The van der Waals surface area contributed by atoms with Crippen molar-refractivity contribution in [2.75, 3.05) is 59.9 Å². The van der Waals surface area contributed by atoms with Crippen LogP contribution in [0.15, 0.2) is 4.99 Å². The maximum Gasteiger partial charge on any atom is 0.115 e. The lowest BCUT2D eigenvalue weighted by molar-refractivity contribution is -0.195. The summed E-state index contributed by atoms with van der Waals surface area (Å²) in [5, 5.41) is 44.8. The lowest BCUT2D eigenvalue weighted by Gasteiger charge is -2.37. The Morgan fingerprint density at radius 2 is 0.946 bits per heavy atom. The third-order valence-corrected chi connectivity index (χ3v) is 4.69. The summed E-state index contributed by atoms with van der Waals surface area (Å²) in [6.45, 7) is 1.01. The Balaban J connectivity index is 6.02. The molecule has 0 aliphatic rings. The van der Waals surface area contributed by atoms with Crippen molar-refractivity contribution in [3.63, 3.8) is 0 Å². The molecular formula is C25H36N6O6. The zero-order chi connectivity index (χ0) is 27.4. The predicted molar refractivity (Wildman–Crippen MR) is 131 cm³/mol. The Morgan fingerprint density at radius 3 is 1.35 bits per heavy atom. The summed E-state index contributed by atoms with van der Waals surface area (Å²) in [4.78, 5) is 3.92. The van der Waals surface area contributed by atoms with Gasteiger partial charge in [-0.3, -0.25) is 0 Å². The molecule has 0 rings (SSSR count). The molecule has 202 valence electrons. The van der Waals surface area contributed by atoms with Gasteiger partial charge in [-0.05, 0) is 0 Å². The highest BCUT2D eigenvalue weighted by molar-refractivity contribution is 5.56. The number of hydrogen-bond donors (Lipinski definition) is 0. The third kappa shape index (κ3) is 17.9. The number of nitrogens with zero attached hydrogens (tertiary/aromatic N) is 6. The van der Waals surface area contributed by atoms with Gasteiger partial charge in [0.05, 0.1) is 115 Å². The molecule has 0 fully saturated rings. The number of ether oxygens (including phenoxy) is 6. The van der Waals surface area contributed by atoms with Gasteiger partial charge in [-0.2, -0.15) is 26.3 Å². The third-order valence-electron chi connectivity index (χ3n) is 4.69. The molecule has 0 unspecified atom stereocenters. The lowest BCUT2D eigenvalue weighted by atomic mass is 10.0. The number of rotatable bonds is 24. The molecule has 0 aromatic heterocycles. The van der Waals surface area contributed by atoms with Crippen LogP contribution in [0.25, 0.3) is 0 Å². The van der Waals surface area contributed by atoms with Gasteiger partial charge in [-0.15, -0.1) is 0 Å². The van der Waals surface area contributed by atoms with E-state index in [-0.39, 0.29) is 78.4 Å². The van der Waals surface area contributed by atoms with Gasteiger partial charge in [0.25, 0.3) is 0 Å². The second kappa shape index (κ2) is 26.0. The largest absolute Gasteiger partial charge is 0.378 e. The van der Waals surface area contributed by atoms with Crippen molar-refractivity contribution >= 4 is 6.21 Å². The SMILES string of the molecule is CN=CCCOC[C@@H](OCCC#N)[C@@H](OCCC#N)[C@H](OCCC#N)[C@H](COCCC#N)OCCC#N. The van der Waals surface area contributed by atoms with Crippen LogP contribution in [0.5, 0.6) is 0 Å². The van der Waals surface area contributed by atoms with Gasteiger partial charge in [0.1, 0.15) is 24.4 Å². The highest BCUT2D eigenvalue weighted by Crippen LogP contribution is 2.21. The van der Waals surface area contributed by atoms with E-state index in [9.17, 15) is 0 Å². The van der Waals surface area contributed by atoms with Gasteiger partial charge in [0.2, 0.25) is 0 Å². The molecule has 0 amide bonds. The molecule has 0 bridgehead atoms. The van der Waals surface area contributed by atoms with Crippen LogP contribution in [0, 0.1) is 56.7 Å². The van der Waals surface area contributed by atoms with E-state index in [4.69, 9.17) is 54.7 Å². The first-order chi connectivity index (χ1) is 18.2. The smallest absolute Gasteiger partial charge is 0.115 e. The van der Waals surface area contributed by atoms with Crippen LogP contribution in [0.4, 0.5) is 0 Å². The Kier molecular flexibility index (Phi) is 23.8. The Labute approximate surface area is 219 Å². The van der Waals surface area contributed by atoms with E-state index in [0.29, 0.717) is 13.0 Å². The fourth-order valence-corrected chi connectivity index (χ4v) is 3.08. The van der Waals surface area contributed by atoms with Crippen LogP contribution in [0.3, 0.4) is 0 Å². The molecule has 0 aliphatic carbocycles. The zero-order valence-electron chi connectivity index (χ0n) is 21.4. The quantitative estimate of drug-likeness (QED) is 0.135. The molecule has 12 nitrogen and oxygen atoms in total. The van der Waals surface area contributed by atoms with Crippen molar-refractivity contribution < 1.29 is 28.4 Å². The van der Waals surface area contributed by atoms with Gasteiger partial charge < -0.3 is 33.4 Å². The first-order valence-corrected chi connectivity index (χ1v) is 12.1. The molecule has 0 heterocycles. The van der Waals surface area contributed by atoms with E-state index in [1.807, 2.05) is 30.3 Å². The molecule has 37 heavy (non-hydrogen) atoms. The molecule has 0 radical (unpaired) electrons. The van der Waals surface area contributed by atoms with Crippen LogP contribution in [-0.4, -0.2) is 90.5 Å². The molecule has 0 aromatic carbocycles.